The van der Waals surface area contributed by atoms with Crippen LogP contribution in [-0.2, 0) is 6.54 Å². The van der Waals surface area contributed by atoms with E-state index in [1.54, 1.807) is 24.3 Å². The van der Waals surface area contributed by atoms with Crippen LogP contribution in [0, 0.1) is 5.82 Å². The SMILES string of the molecule is COc1ncc(F)cc1CN1C(=O)c2ccccc2C1=O. The number of halogens is 1. The van der Waals surface area contributed by atoms with Crippen molar-refractivity contribution in [1.29, 1.82) is 0 Å². The van der Waals surface area contributed by atoms with Crippen molar-refractivity contribution in [1.82, 2.24) is 9.88 Å². The highest BCUT2D eigenvalue weighted by atomic mass is 19.1. The van der Waals surface area contributed by atoms with Crippen LogP contribution in [0.3, 0.4) is 0 Å². The maximum atomic E-state index is 13.3. The minimum atomic E-state index is -0.553. The molecule has 3 rings (SSSR count). The number of aromatic nitrogens is 1. The largest absolute Gasteiger partial charge is 0.481 e. The van der Waals surface area contributed by atoms with E-state index in [0.29, 0.717) is 16.7 Å². The van der Waals surface area contributed by atoms with Gasteiger partial charge in [-0.15, -0.1) is 0 Å². The smallest absolute Gasteiger partial charge is 0.261 e. The van der Waals surface area contributed by atoms with Gasteiger partial charge in [-0.05, 0) is 18.2 Å². The first-order valence-corrected chi connectivity index (χ1v) is 6.25. The molecule has 6 heteroatoms. The molecule has 2 amide bonds. The average Bonchev–Trinajstić information content (AvgIpc) is 2.73. The maximum absolute atomic E-state index is 13.3. The van der Waals surface area contributed by atoms with Crippen LogP contribution in [-0.4, -0.2) is 28.8 Å². The minimum absolute atomic E-state index is 0.0831. The molecule has 0 atom stereocenters. The van der Waals surface area contributed by atoms with Crippen LogP contribution < -0.4 is 4.74 Å². The zero-order valence-electron chi connectivity index (χ0n) is 11.2. The average molecular weight is 286 g/mol. The summed E-state index contributed by atoms with van der Waals surface area (Å²) in [5, 5.41) is 0. The summed E-state index contributed by atoms with van der Waals surface area (Å²) in [6.45, 7) is -0.0831. The van der Waals surface area contributed by atoms with E-state index in [0.717, 1.165) is 11.1 Å². The molecule has 1 aliphatic heterocycles. The maximum Gasteiger partial charge on any atom is 0.261 e. The van der Waals surface area contributed by atoms with Crippen molar-refractivity contribution < 1.29 is 18.7 Å². The predicted octanol–water partition coefficient (Wildman–Crippen LogP) is 2.03. The molecule has 0 bridgehead atoms. The molecule has 0 N–H and O–H groups in total. The normalized spacial score (nSPS) is 13.5. The third kappa shape index (κ3) is 2.14. The Morgan fingerprint density at radius 2 is 1.81 bits per heavy atom. The molecule has 0 unspecified atom stereocenters. The second-order valence-corrected chi connectivity index (χ2v) is 4.56. The minimum Gasteiger partial charge on any atom is -0.481 e. The highest BCUT2D eigenvalue weighted by Gasteiger charge is 2.35. The van der Waals surface area contributed by atoms with E-state index in [1.807, 2.05) is 0 Å². The first-order chi connectivity index (χ1) is 10.1. The number of pyridine rings is 1. The third-order valence-electron chi connectivity index (χ3n) is 3.29. The summed E-state index contributed by atoms with van der Waals surface area (Å²) in [6.07, 6.45) is 1.02. The fraction of sp³-hybridized carbons (Fsp3) is 0.133. The number of benzene rings is 1. The summed E-state index contributed by atoms with van der Waals surface area (Å²) in [7, 11) is 1.39. The van der Waals surface area contributed by atoms with E-state index < -0.39 is 17.6 Å². The summed E-state index contributed by atoms with van der Waals surface area (Å²) in [5.74, 6) is -1.17. The first kappa shape index (κ1) is 13.2. The molecular weight excluding hydrogens is 275 g/mol. The molecular formula is C15H11FN2O3. The molecule has 0 fully saturated rings. The number of carbonyl (C=O) groups is 2. The Morgan fingerprint density at radius 1 is 1.19 bits per heavy atom. The van der Waals surface area contributed by atoms with E-state index in [9.17, 15) is 14.0 Å². The highest BCUT2D eigenvalue weighted by Crippen LogP contribution is 2.26. The molecule has 0 saturated carbocycles. The molecule has 0 aliphatic carbocycles. The number of hydrogen-bond acceptors (Lipinski definition) is 4. The van der Waals surface area contributed by atoms with Gasteiger partial charge in [-0.25, -0.2) is 9.37 Å². The van der Waals surface area contributed by atoms with Crippen LogP contribution >= 0.6 is 0 Å². The molecule has 5 nitrogen and oxygen atoms in total. The zero-order chi connectivity index (χ0) is 15.0. The number of nitrogens with zero attached hydrogens (tertiary/aromatic N) is 2. The first-order valence-electron chi connectivity index (χ1n) is 6.25. The summed E-state index contributed by atoms with van der Waals surface area (Å²) < 4.78 is 18.3. The highest BCUT2D eigenvalue weighted by molar-refractivity contribution is 6.21. The molecule has 1 aliphatic rings. The number of methoxy groups -OCH3 is 1. The van der Waals surface area contributed by atoms with Crippen molar-refractivity contribution in [2.75, 3.05) is 7.11 Å². The molecule has 1 aromatic heterocycles. The van der Waals surface area contributed by atoms with Gasteiger partial charge in [0.1, 0.15) is 5.82 Å². The summed E-state index contributed by atoms with van der Waals surface area (Å²) >= 11 is 0. The molecule has 2 heterocycles. The van der Waals surface area contributed by atoms with Crippen molar-refractivity contribution in [3.8, 4) is 5.88 Å². The summed E-state index contributed by atoms with van der Waals surface area (Å²) in [4.78, 5) is 29.3. The number of imide groups is 1. The van der Waals surface area contributed by atoms with E-state index in [2.05, 4.69) is 4.98 Å². The van der Waals surface area contributed by atoms with E-state index in [-0.39, 0.29) is 12.4 Å². The number of carbonyl (C=O) groups excluding carboxylic acids is 2. The molecule has 1 aromatic carbocycles. The van der Waals surface area contributed by atoms with Gasteiger partial charge in [0.15, 0.2) is 0 Å². The quantitative estimate of drug-likeness (QED) is 0.810. The van der Waals surface area contributed by atoms with Crippen LogP contribution in [0.25, 0.3) is 0 Å². The van der Waals surface area contributed by atoms with Gasteiger partial charge in [0.05, 0.1) is 31.0 Å². The van der Waals surface area contributed by atoms with Gasteiger partial charge in [0.2, 0.25) is 5.88 Å². The van der Waals surface area contributed by atoms with E-state index in [1.165, 1.54) is 13.2 Å². The molecule has 0 spiro atoms. The Labute approximate surface area is 120 Å². The lowest BCUT2D eigenvalue weighted by Gasteiger charge is -2.15. The second kappa shape index (κ2) is 4.97. The zero-order valence-corrected chi connectivity index (χ0v) is 11.2. The Kier molecular flexibility index (Phi) is 3.13. The van der Waals surface area contributed by atoms with Crippen molar-refractivity contribution in [2.24, 2.45) is 0 Å². The van der Waals surface area contributed by atoms with Crippen LogP contribution in [0.5, 0.6) is 5.88 Å². The third-order valence-corrected chi connectivity index (χ3v) is 3.29. The van der Waals surface area contributed by atoms with Crippen LogP contribution in [0.1, 0.15) is 26.3 Å². The molecule has 0 radical (unpaired) electrons. The van der Waals surface area contributed by atoms with Crippen LogP contribution in [0.15, 0.2) is 36.5 Å². The Morgan fingerprint density at radius 3 is 2.38 bits per heavy atom. The fourth-order valence-corrected chi connectivity index (χ4v) is 2.32. The van der Waals surface area contributed by atoms with Gasteiger partial charge in [-0.1, -0.05) is 12.1 Å². The van der Waals surface area contributed by atoms with Crippen molar-refractivity contribution in [3.05, 3.63) is 59.0 Å². The monoisotopic (exact) mass is 286 g/mol. The van der Waals surface area contributed by atoms with Gasteiger partial charge < -0.3 is 4.74 Å². The lowest BCUT2D eigenvalue weighted by atomic mass is 10.1. The fourth-order valence-electron chi connectivity index (χ4n) is 2.32. The van der Waals surface area contributed by atoms with Gasteiger partial charge in [0.25, 0.3) is 11.8 Å². The van der Waals surface area contributed by atoms with Crippen LogP contribution in [0.4, 0.5) is 4.39 Å². The number of fused-ring (bicyclic) bond motifs is 1. The van der Waals surface area contributed by atoms with Gasteiger partial charge in [0, 0.05) is 5.56 Å². The summed E-state index contributed by atoms with van der Waals surface area (Å²) in [6, 6.07) is 7.78. The Bertz CT molecular complexity index is 710. The topological polar surface area (TPSA) is 59.5 Å². The van der Waals surface area contributed by atoms with Crippen LogP contribution in [0.2, 0.25) is 0 Å². The van der Waals surface area contributed by atoms with Gasteiger partial charge in [-0.2, -0.15) is 0 Å². The number of ether oxygens (including phenoxy) is 1. The Hall–Kier alpha value is -2.76. The van der Waals surface area contributed by atoms with E-state index >= 15 is 0 Å². The van der Waals surface area contributed by atoms with E-state index in [4.69, 9.17) is 4.74 Å². The lowest BCUT2D eigenvalue weighted by Crippen LogP contribution is -2.29. The van der Waals surface area contributed by atoms with Crippen molar-refractivity contribution in [2.45, 2.75) is 6.54 Å². The molecule has 106 valence electrons. The lowest BCUT2D eigenvalue weighted by molar-refractivity contribution is 0.0641. The molecule has 2 aromatic rings. The van der Waals surface area contributed by atoms with Crippen molar-refractivity contribution >= 4 is 11.8 Å². The van der Waals surface area contributed by atoms with Gasteiger partial charge >= 0.3 is 0 Å². The summed E-state index contributed by atoms with van der Waals surface area (Å²) in [5.41, 5.74) is 1.05. The standard InChI is InChI=1S/C15H11FN2O3/c1-21-13-9(6-10(16)7-17-13)8-18-14(19)11-4-2-3-5-12(11)15(18)20/h2-7H,8H2,1H3. The Balaban J connectivity index is 1.96. The number of amides is 2. The predicted molar refractivity (Wildman–Crippen MR) is 71.4 cm³/mol. The molecule has 21 heavy (non-hydrogen) atoms. The van der Waals surface area contributed by atoms with Gasteiger partial charge in [-0.3, -0.25) is 14.5 Å². The second-order valence-electron chi connectivity index (χ2n) is 4.56. The number of rotatable bonds is 3. The number of hydrogen-bond donors (Lipinski definition) is 0. The van der Waals surface area contributed by atoms with Crippen molar-refractivity contribution in [3.63, 3.8) is 0 Å². The molecule has 0 saturated heterocycles.